The van der Waals surface area contributed by atoms with Crippen molar-refractivity contribution in [2.45, 2.75) is 129 Å². The van der Waals surface area contributed by atoms with Crippen molar-refractivity contribution in [1.82, 2.24) is 15.5 Å². The molecule has 1 saturated heterocycles. The summed E-state index contributed by atoms with van der Waals surface area (Å²) >= 11 is 0. The summed E-state index contributed by atoms with van der Waals surface area (Å²) in [5.41, 5.74) is 6.60. The number of fused-ring (bicyclic) bond motifs is 1. The fraction of sp³-hybridized carbons (Fsp3) is 0.722. The number of carbonyl (C=O) groups is 4. The summed E-state index contributed by atoms with van der Waals surface area (Å²) in [5, 5.41) is 6.64. The Labute approximate surface area is 265 Å². The molecule has 6 atom stereocenters. The van der Waals surface area contributed by atoms with Gasteiger partial charge in [-0.1, -0.05) is 63.4 Å². The van der Waals surface area contributed by atoms with Crippen LogP contribution in [0.4, 0.5) is 0 Å². The first-order valence-electron chi connectivity index (χ1n) is 17.1. The standard InChI is InChI=1S/C36H58N4O4/c1-24(2)19-29(35(37)43)23-34(42)31(20-26-13-7-6-8-14-26)39-36(44)28(16-11-12-18-40(5)25(3)4)22-33(41)32-21-27-15-9-10-17-30(27)38-32/h6-8,13-14,24-25,27-32,38H,9-12,15-23H2,1-5H3,(H2,37,43)(H,39,44)/t27-,28+,29+,30-,31-,32-/m0/s1. The predicted molar refractivity (Wildman–Crippen MR) is 176 cm³/mol. The van der Waals surface area contributed by atoms with E-state index >= 15 is 0 Å². The lowest BCUT2D eigenvalue weighted by atomic mass is 9.84. The van der Waals surface area contributed by atoms with Crippen molar-refractivity contribution < 1.29 is 19.2 Å². The Hall–Kier alpha value is -2.58. The van der Waals surface area contributed by atoms with Crippen molar-refractivity contribution in [3.8, 4) is 0 Å². The maximum absolute atomic E-state index is 13.9. The molecule has 1 saturated carbocycles. The molecule has 0 bridgehead atoms. The normalized spacial score (nSPS) is 22.0. The fourth-order valence-corrected chi connectivity index (χ4v) is 6.92. The Balaban J connectivity index is 1.74. The number of nitrogens with two attached hydrogens (primary N) is 1. The fourth-order valence-electron chi connectivity index (χ4n) is 6.92. The smallest absolute Gasteiger partial charge is 0.224 e. The summed E-state index contributed by atoms with van der Waals surface area (Å²) in [6.45, 7) is 9.24. The van der Waals surface area contributed by atoms with Crippen LogP contribution in [0.25, 0.3) is 0 Å². The molecule has 1 aromatic rings. The van der Waals surface area contributed by atoms with Gasteiger partial charge in [-0.05, 0) is 89.8 Å². The highest BCUT2D eigenvalue weighted by Crippen LogP contribution is 2.34. The lowest BCUT2D eigenvalue weighted by Crippen LogP contribution is -2.47. The summed E-state index contributed by atoms with van der Waals surface area (Å²) in [6, 6.07) is 9.46. The molecule has 1 heterocycles. The molecule has 1 aliphatic carbocycles. The Morgan fingerprint density at radius 1 is 0.977 bits per heavy atom. The van der Waals surface area contributed by atoms with Crippen molar-refractivity contribution >= 4 is 23.4 Å². The molecule has 246 valence electrons. The van der Waals surface area contributed by atoms with Gasteiger partial charge in [0.05, 0.1) is 12.1 Å². The number of unbranched alkanes of at least 4 members (excludes halogenated alkanes) is 1. The van der Waals surface area contributed by atoms with Crippen LogP contribution in [0.3, 0.4) is 0 Å². The molecule has 44 heavy (non-hydrogen) atoms. The van der Waals surface area contributed by atoms with Crippen molar-refractivity contribution in [3.63, 3.8) is 0 Å². The van der Waals surface area contributed by atoms with Crippen LogP contribution in [-0.2, 0) is 25.6 Å². The summed E-state index contributed by atoms with van der Waals surface area (Å²) < 4.78 is 0. The summed E-state index contributed by atoms with van der Waals surface area (Å²) in [6.07, 6.45) is 8.93. The van der Waals surface area contributed by atoms with E-state index in [4.69, 9.17) is 5.73 Å². The number of rotatable bonds is 19. The number of benzene rings is 1. The second-order valence-electron chi connectivity index (χ2n) is 14.2. The first kappa shape index (κ1) is 35.9. The highest BCUT2D eigenvalue weighted by Gasteiger charge is 2.39. The molecule has 0 spiro atoms. The monoisotopic (exact) mass is 610 g/mol. The number of carbonyl (C=O) groups excluding carboxylic acids is 4. The Morgan fingerprint density at radius 3 is 2.32 bits per heavy atom. The van der Waals surface area contributed by atoms with E-state index in [0.717, 1.165) is 37.8 Å². The molecule has 4 N–H and O–H groups in total. The average molecular weight is 611 g/mol. The van der Waals surface area contributed by atoms with Crippen molar-refractivity contribution in [1.29, 1.82) is 0 Å². The van der Waals surface area contributed by atoms with Gasteiger partial charge in [0, 0.05) is 36.8 Å². The molecule has 0 unspecified atom stereocenters. The molecule has 8 nitrogen and oxygen atoms in total. The van der Waals surface area contributed by atoms with Crippen LogP contribution in [-0.4, -0.2) is 66.0 Å². The molecular weight excluding hydrogens is 552 g/mol. The third kappa shape index (κ3) is 11.4. The second-order valence-corrected chi connectivity index (χ2v) is 14.2. The zero-order valence-electron chi connectivity index (χ0n) is 27.9. The Morgan fingerprint density at radius 2 is 1.68 bits per heavy atom. The average Bonchev–Trinajstić information content (AvgIpc) is 3.42. The first-order chi connectivity index (χ1) is 20.9. The molecule has 1 aliphatic heterocycles. The number of hydrogen-bond acceptors (Lipinski definition) is 6. The van der Waals surface area contributed by atoms with Crippen LogP contribution >= 0.6 is 0 Å². The summed E-state index contributed by atoms with van der Waals surface area (Å²) in [5.74, 6) is -1.16. The minimum absolute atomic E-state index is 0.00873. The molecule has 2 amide bonds. The van der Waals surface area contributed by atoms with Gasteiger partial charge in [-0.25, -0.2) is 0 Å². The Bertz CT molecular complexity index is 1060. The van der Waals surface area contributed by atoms with Crippen molar-refractivity contribution in [2.24, 2.45) is 29.4 Å². The van der Waals surface area contributed by atoms with Crippen LogP contribution in [0.15, 0.2) is 30.3 Å². The van der Waals surface area contributed by atoms with Crippen LogP contribution in [0.1, 0.15) is 104 Å². The van der Waals surface area contributed by atoms with Crippen molar-refractivity contribution in [3.05, 3.63) is 35.9 Å². The molecule has 8 heteroatoms. The molecule has 1 aromatic carbocycles. The zero-order chi connectivity index (χ0) is 32.2. The van der Waals surface area contributed by atoms with E-state index in [-0.39, 0.29) is 42.3 Å². The van der Waals surface area contributed by atoms with Crippen LogP contribution in [0.2, 0.25) is 0 Å². The lowest BCUT2D eigenvalue weighted by molar-refractivity contribution is -0.134. The van der Waals surface area contributed by atoms with Gasteiger partial charge < -0.3 is 21.3 Å². The number of amides is 2. The van der Waals surface area contributed by atoms with Gasteiger partial charge in [0.2, 0.25) is 11.8 Å². The van der Waals surface area contributed by atoms with Crippen molar-refractivity contribution in [2.75, 3.05) is 13.6 Å². The van der Waals surface area contributed by atoms with Gasteiger partial charge in [0.15, 0.2) is 11.6 Å². The molecule has 0 radical (unpaired) electrons. The largest absolute Gasteiger partial charge is 0.369 e. The maximum Gasteiger partial charge on any atom is 0.224 e. The van der Waals surface area contributed by atoms with E-state index in [0.29, 0.717) is 37.3 Å². The van der Waals surface area contributed by atoms with Crippen LogP contribution in [0.5, 0.6) is 0 Å². The van der Waals surface area contributed by atoms with Gasteiger partial charge in [0.25, 0.3) is 0 Å². The minimum atomic E-state index is -0.795. The number of nitrogens with one attached hydrogen (secondary N) is 2. The third-order valence-corrected chi connectivity index (χ3v) is 9.86. The van der Waals surface area contributed by atoms with E-state index in [9.17, 15) is 19.2 Å². The molecule has 2 aliphatic rings. The third-order valence-electron chi connectivity index (χ3n) is 9.86. The second kappa shape index (κ2) is 17.8. The van der Waals surface area contributed by atoms with Gasteiger partial charge in [-0.15, -0.1) is 0 Å². The van der Waals surface area contributed by atoms with Gasteiger partial charge in [-0.2, -0.15) is 0 Å². The molecule has 2 fully saturated rings. The lowest BCUT2D eigenvalue weighted by Gasteiger charge is -2.25. The number of Topliss-reactive ketones (excluding diaryl/α,β-unsaturated/α-hetero) is 2. The Kier molecular flexibility index (Phi) is 14.5. The zero-order valence-corrected chi connectivity index (χ0v) is 27.9. The van der Waals surface area contributed by atoms with E-state index < -0.39 is 23.8 Å². The van der Waals surface area contributed by atoms with E-state index in [1.807, 2.05) is 44.2 Å². The van der Waals surface area contributed by atoms with Gasteiger partial charge in [0.1, 0.15) is 0 Å². The molecule has 0 aromatic heterocycles. The summed E-state index contributed by atoms with van der Waals surface area (Å²) in [7, 11) is 2.10. The highest BCUT2D eigenvalue weighted by molar-refractivity contribution is 5.94. The quantitative estimate of drug-likeness (QED) is 0.193. The first-order valence-corrected chi connectivity index (χ1v) is 17.1. The number of ketones is 2. The number of hydrogen-bond donors (Lipinski definition) is 3. The number of nitrogens with zero attached hydrogens (tertiary/aromatic N) is 1. The SMILES string of the molecule is CC(C)C[C@H](CC(=O)[C@H](Cc1ccccc1)NC(=O)[C@H](CCCCN(C)C(C)C)CC(=O)[C@@H]1C[C@@H]2CCCC[C@@H]2N1)C(N)=O. The molecule has 3 rings (SSSR count). The van der Waals surface area contributed by atoms with Gasteiger partial charge >= 0.3 is 0 Å². The van der Waals surface area contributed by atoms with E-state index in [1.165, 1.54) is 19.3 Å². The highest BCUT2D eigenvalue weighted by atomic mass is 16.2. The van der Waals surface area contributed by atoms with E-state index in [1.54, 1.807) is 0 Å². The number of primary amides is 1. The van der Waals surface area contributed by atoms with Crippen LogP contribution < -0.4 is 16.4 Å². The van der Waals surface area contributed by atoms with Gasteiger partial charge in [-0.3, -0.25) is 19.2 Å². The molecular formula is C36H58N4O4. The van der Waals surface area contributed by atoms with Crippen LogP contribution in [0, 0.1) is 23.7 Å². The minimum Gasteiger partial charge on any atom is -0.369 e. The maximum atomic E-state index is 13.9. The topological polar surface area (TPSA) is 122 Å². The predicted octanol–water partition coefficient (Wildman–Crippen LogP) is 4.83. The summed E-state index contributed by atoms with van der Waals surface area (Å²) in [4.78, 5) is 55.7. The van der Waals surface area contributed by atoms with E-state index in [2.05, 4.69) is 36.4 Å².